The van der Waals surface area contributed by atoms with E-state index in [4.69, 9.17) is 0 Å². The first-order valence-corrected chi connectivity index (χ1v) is 7.59. The maximum atomic E-state index is 4.49. The zero-order valence-corrected chi connectivity index (χ0v) is 11.9. The number of fused-ring (bicyclic) bond motifs is 3. The summed E-state index contributed by atoms with van der Waals surface area (Å²) in [5.41, 5.74) is 3.99. The topological polar surface area (TPSA) is 16.1 Å². The molecule has 2 atom stereocenters. The van der Waals surface area contributed by atoms with Crippen LogP contribution >= 0.6 is 0 Å². The van der Waals surface area contributed by atoms with Crippen molar-refractivity contribution in [3.63, 3.8) is 0 Å². The molecule has 0 N–H and O–H groups in total. The molecule has 0 aliphatic carbocycles. The number of rotatable bonds is 1. The van der Waals surface area contributed by atoms with Gasteiger partial charge in [0, 0.05) is 23.7 Å². The predicted octanol–water partition coefficient (Wildman–Crippen LogP) is 3.87. The Labute approximate surface area is 120 Å². The number of hydrogen-bond donors (Lipinski definition) is 0. The second-order valence-electron chi connectivity index (χ2n) is 6.12. The lowest BCUT2D eigenvalue weighted by molar-refractivity contribution is 0.137. The highest BCUT2D eigenvalue weighted by Gasteiger charge is 2.31. The molecule has 2 bridgehead atoms. The van der Waals surface area contributed by atoms with Crippen LogP contribution < -0.4 is 0 Å². The quantitative estimate of drug-likeness (QED) is 0.777. The molecule has 1 saturated heterocycles. The van der Waals surface area contributed by atoms with Crippen LogP contribution in [-0.2, 0) is 0 Å². The lowest BCUT2D eigenvalue weighted by Crippen LogP contribution is -2.45. The Morgan fingerprint density at radius 3 is 3.05 bits per heavy atom. The Kier molecular flexibility index (Phi) is 2.85. The third kappa shape index (κ3) is 1.95. The molecule has 2 aromatic rings. The number of hydrogen-bond acceptors (Lipinski definition) is 2. The molecule has 2 aliphatic rings. The fourth-order valence-corrected chi connectivity index (χ4v) is 3.72. The average Bonchev–Trinajstić information content (AvgIpc) is 2.46. The van der Waals surface area contributed by atoms with Gasteiger partial charge < -0.3 is 0 Å². The highest BCUT2D eigenvalue weighted by atomic mass is 15.2. The van der Waals surface area contributed by atoms with Crippen molar-refractivity contribution >= 4 is 16.5 Å². The van der Waals surface area contributed by atoms with E-state index >= 15 is 0 Å². The van der Waals surface area contributed by atoms with Crippen molar-refractivity contribution < 1.29 is 0 Å². The van der Waals surface area contributed by atoms with E-state index in [1.807, 2.05) is 12.3 Å². The summed E-state index contributed by atoms with van der Waals surface area (Å²) in [5, 5.41) is 1.23. The summed E-state index contributed by atoms with van der Waals surface area (Å²) in [6.45, 7) is 0. The van der Waals surface area contributed by atoms with E-state index in [1.54, 1.807) is 0 Å². The third-order valence-electron chi connectivity index (χ3n) is 4.96. The second kappa shape index (κ2) is 4.71. The van der Waals surface area contributed by atoms with Crippen molar-refractivity contribution in [2.45, 2.75) is 37.8 Å². The first kappa shape index (κ1) is 12.1. The van der Waals surface area contributed by atoms with Crippen molar-refractivity contribution in [3.05, 3.63) is 48.2 Å². The van der Waals surface area contributed by atoms with Gasteiger partial charge in [-0.05, 0) is 49.6 Å². The van der Waals surface area contributed by atoms with Gasteiger partial charge in [0.15, 0.2) is 0 Å². The van der Waals surface area contributed by atoms with Gasteiger partial charge in [-0.3, -0.25) is 9.88 Å². The van der Waals surface area contributed by atoms with Crippen LogP contribution in [0.2, 0.25) is 0 Å². The zero-order valence-electron chi connectivity index (χ0n) is 11.9. The number of aromatic nitrogens is 1. The molecule has 1 aromatic carbocycles. The lowest BCUT2D eigenvalue weighted by Gasteiger charge is -2.42. The second-order valence-corrected chi connectivity index (χ2v) is 6.12. The number of pyridine rings is 1. The largest absolute Gasteiger partial charge is 0.297 e. The van der Waals surface area contributed by atoms with Crippen molar-refractivity contribution in [1.82, 2.24) is 9.88 Å². The van der Waals surface area contributed by atoms with Gasteiger partial charge in [-0.2, -0.15) is 0 Å². The minimum absolute atomic E-state index is 0.636. The van der Waals surface area contributed by atoms with Crippen LogP contribution in [-0.4, -0.2) is 29.0 Å². The lowest BCUT2D eigenvalue weighted by atomic mass is 9.83. The standard InChI is InChI=1S/C18H20N2/c1-20-16-5-2-6-17(20)11-15(10-16)14-8-7-13-4-3-9-19-18(13)12-14/h3-4,7-10,12,16-17H,2,5-6,11H2,1H3. The fourth-order valence-electron chi connectivity index (χ4n) is 3.72. The molecule has 2 aliphatic heterocycles. The Morgan fingerprint density at radius 1 is 1.20 bits per heavy atom. The molecule has 0 amide bonds. The average molecular weight is 264 g/mol. The van der Waals surface area contributed by atoms with Gasteiger partial charge in [-0.15, -0.1) is 0 Å². The van der Waals surface area contributed by atoms with Crippen LogP contribution in [0.15, 0.2) is 42.6 Å². The monoisotopic (exact) mass is 264 g/mol. The van der Waals surface area contributed by atoms with Gasteiger partial charge in [0.1, 0.15) is 0 Å². The Balaban J connectivity index is 1.75. The van der Waals surface area contributed by atoms with E-state index in [0.29, 0.717) is 6.04 Å². The first-order chi connectivity index (χ1) is 9.81. The first-order valence-electron chi connectivity index (χ1n) is 7.59. The maximum absolute atomic E-state index is 4.49. The van der Waals surface area contributed by atoms with Gasteiger partial charge in [0.25, 0.3) is 0 Å². The summed E-state index contributed by atoms with van der Waals surface area (Å²) in [6, 6.07) is 12.2. The van der Waals surface area contributed by atoms with Gasteiger partial charge in [0.2, 0.25) is 0 Å². The van der Waals surface area contributed by atoms with Gasteiger partial charge in [-0.1, -0.05) is 30.7 Å². The van der Waals surface area contributed by atoms with Gasteiger partial charge in [-0.25, -0.2) is 0 Å². The van der Waals surface area contributed by atoms with E-state index in [9.17, 15) is 0 Å². The van der Waals surface area contributed by atoms with Gasteiger partial charge >= 0.3 is 0 Å². The number of piperidine rings is 1. The summed E-state index contributed by atoms with van der Waals surface area (Å²) in [5.74, 6) is 0. The maximum Gasteiger partial charge on any atom is 0.0708 e. The van der Waals surface area contributed by atoms with Gasteiger partial charge in [0.05, 0.1) is 5.52 Å². The smallest absolute Gasteiger partial charge is 0.0708 e. The Bertz CT molecular complexity index is 674. The van der Waals surface area contributed by atoms with Crippen molar-refractivity contribution in [3.8, 4) is 0 Å². The van der Waals surface area contributed by atoms with E-state index in [1.165, 1.54) is 42.2 Å². The van der Waals surface area contributed by atoms with Crippen molar-refractivity contribution in [2.24, 2.45) is 0 Å². The van der Waals surface area contributed by atoms with Crippen LogP contribution in [0, 0.1) is 0 Å². The Hall–Kier alpha value is -1.67. The van der Waals surface area contributed by atoms with Crippen LogP contribution in [0.1, 0.15) is 31.2 Å². The highest BCUT2D eigenvalue weighted by Crippen LogP contribution is 2.36. The SMILES string of the molecule is CN1C2C=C(c3ccc4cccnc4c3)CC1CCC2. The van der Waals surface area contributed by atoms with E-state index in [2.05, 4.69) is 47.3 Å². The minimum atomic E-state index is 0.636. The van der Waals surface area contributed by atoms with E-state index in [0.717, 1.165) is 11.6 Å². The summed E-state index contributed by atoms with van der Waals surface area (Å²) < 4.78 is 0. The summed E-state index contributed by atoms with van der Waals surface area (Å²) >= 11 is 0. The molecule has 0 saturated carbocycles. The number of likely N-dealkylation sites (N-methyl/N-ethyl adjacent to an activating group) is 1. The molecular weight excluding hydrogens is 244 g/mol. The molecule has 0 spiro atoms. The molecule has 2 heteroatoms. The molecule has 3 heterocycles. The van der Waals surface area contributed by atoms with Crippen LogP contribution in [0.4, 0.5) is 0 Å². The Morgan fingerprint density at radius 2 is 2.15 bits per heavy atom. The zero-order chi connectivity index (χ0) is 13.5. The molecule has 102 valence electrons. The summed E-state index contributed by atoms with van der Waals surface area (Å²) in [4.78, 5) is 7.05. The number of nitrogens with zero attached hydrogens (tertiary/aromatic N) is 2. The van der Waals surface area contributed by atoms with Crippen LogP contribution in [0.5, 0.6) is 0 Å². The van der Waals surface area contributed by atoms with E-state index < -0.39 is 0 Å². The highest BCUT2D eigenvalue weighted by molar-refractivity contribution is 5.83. The molecular formula is C18H20N2. The molecule has 1 aromatic heterocycles. The van der Waals surface area contributed by atoms with Crippen LogP contribution in [0.3, 0.4) is 0 Å². The minimum Gasteiger partial charge on any atom is -0.297 e. The number of benzene rings is 1. The normalized spacial score (nSPS) is 26.6. The van der Waals surface area contributed by atoms with Crippen molar-refractivity contribution in [2.75, 3.05) is 7.05 Å². The molecule has 20 heavy (non-hydrogen) atoms. The molecule has 1 fully saturated rings. The predicted molar refractivity (Wildman–Crippen MR) is 83.5 cm³/mol. The molecule has 2 nitrogen and oxygen atoms in total. The molecule has 4 rings (SSSR count). The van der Waals surface area contributed by atoms with Crippen LogP contribution in [0.25, 0.3) is 16.5 Å². The summed E-state index contributed by atoms with van der Waals surface area (Å²) in [7, 11) is 2.28. The van der Waals surface area contributed by atoms with Crippen molar-refractivity contribution in [1.29, 1.82) is 0 Å². The molecule has 2 unspecified atom stereocenters. The summed E-state index contributed by atoms with van der Waals surface area (Å²) in [6.07, 6.45) is 9.58. The third-order valence-corrected chi connectivity index (χ3v) is 4.96. The van der Waals surface area contributed by atoms with E-state index in [-0.39, 0.29) is 0 Å². The molecule has 0 radical (unpaired) electrons. The fraction of sp³-hybridized carbons (Fsp3) is 0.389.